The van der Waals surface area contributed by atoms with Crippen molar-refractivity contribution < 1.29 is 14.3 Å². The fraction of sp³-hybridized carbons (Fsp3) is 0.158. The van der Waals surface area contributed by atoms with Crippen LogP contribution in [0.1, 0.15) is 32.8 Å². The first-order valence-corrected chi connectivity index (χ1v) is 11.0. The summed E-state index contributed by atoms with van der Waals surface area (Å²) in [6.45, 7) is 3.48. The molecule has 0 spiro atoms. The first-order valence-electron chi connectivity index (χ1n) is 8.98. The van der Waals surface area contributed by atoms with Gasteiger partial charge >= 0.3 is 5.97 Å². The number of nitrogens with zero attached hydrogens (tertiary/aromatic N) is 4. The van der Waals surface area contributed by atoms with E-state index >= 15 is 0 Å². The highest BCUT2D eigenvalue weighted by atomic mass is 35.5. The molecule has 4 rings (SSSR count). The van der Waals surface area contributed by atoms with E-state index in [0.717, 1.165) is 27.6 Å². The van der Waals surface area contributed by atoms with E-state index in [-0.39, 0.29) is 22.7 Å². The van der Waals surface area contributed by atoms with Gasteiger partial charge < -0.3 is 10.1 Å². The van der Waals surface area contributed by atoms with Gasteiger partial charge in [-0.25, -0.2) is 4.79 Å². The normalized spacial score (nSPS) is 10.9. The van der Waals surface area contributed by atoms with Gasteiger partial charge in [0.15, 0.2) is 5.69 Å². The Morgan fingerprint density at radius 2 is 2.13 bits per heavy atom. The van der Waals surface area contributed by atoms with E-state index < -0.39 is 17.4 Å². The molecule has 3 heterocycles. The number of aromatic nitrogens is 4. The molecule has 0 aliphatic rings. The number of anilines is 1. The molecular formula is C19H14ClN5O4S2. The lowest BCUT2D eigenvalue weighted by Gasteiger charge is -2.10. The van der Waals surface area contributed by atoms with Crippen LogP contribution in [0.3, 0.4) is 0 Å². The standard InChI is InChI=1S/C19H14ClN5O4S2/c1-3-29-19(28)14-12-8-30-17(21-16(26)15-9(2)22-24-31-15)13(12)18(27)25(23-14)11-6-4-5-10(20)7-11/h4-8H,3H2,1-2H3,(H,21,26). The summed E-state index contributed by atoms with van der Waals surface area (Å²) in [5.41, 5.74) is 0.300. The minimum atomic E-state index is -0.679. The Labute approximate surface area is 188 Å². The number of halogens is 1. The van der Waals surface area contributed by atoms with Crippen molar-refractivity contribution in [2.75, 3.05) is 11.9 Å². The van der Waals surface area contributed by atoms with Gasteiger partial charge in [-0.05, 0) is 43.6 Å². The summed E-state index contributed by atoms with van der Waals surface area (Å²) >= 11 is 8.13. The molecule has 0 saturated carbocycles. The van der Waals surface area contributed by atoms with Gasteiger partial charge in [0.2, 0.25) is 0 Å². The van der Waals surface area contributed by atoms with Crippen molar-refractivity contribution >= 4 is 62.1 Å². The molecule has 31 heavy (non-hydrogen) atoms. The first kappa shape index (κ1) is 21.1. The number of ether oxygens (including phenoxy) is 1. The van der Waals surface area contributed by atoms with Gasteiger partial charge in [0.1, 0.15) is 9.88 Å². The van der Waals surface area contributed by atoms with Crippen LogP contribution in [0.4, 0.5) is 5.00 Å². The van der Waals surface area contributed by atoms with Gasteiger partial charge in [-0.3, -0.25) is 9.59 Å². The maximum absolute atomic E-state index is 13.3. The zero-order valence-corrected chi connectivity index (χ0v) is 18.6. The van der Waals surface area contributed by atoms with E-state index in [1.54, 1.807) is 43.5 Å². The number of carbonyl (C=O) groups excluding carboxylic acids is 2. The zero-order valence-electron chi connectivity index (χ0n) is 16.2. The molecule has 1 amide bonds. The number of hydrogen-bond acceptors (Lipinski definition) is 9. The average molecular weight is 476 g/mol. The van der Waals surface area contributed by atoms with Crippen molar-refractivity contribution in [3.05, 3.63) is 61.3 Å². The number of hydrogen-bond donors (Lipinski definition) is 1. The molecule has 0 bridgehead atoms. The fourth-order valence-electron chi connectivity index (χ4n) is 2.87. The Morgan fingerprint density at radius 1 is 1.32 bits per heavy atom. The SMILES string of the molecule is CCOC(=O)c1nn(-c2cccc(Cl)c2)c(=O)c2c(NC(=O)c3snnc3C)scc12. The van der Waals surface area contributed by atoms with Crippen molar-refractivity contribution in [1.29, 1.82) is 0 Å². The van der Waals surface area contributed by atoms with Crippen LogP contribution in [-0.4, -0.2) is 37.9 Å². The molecule has 0 fully saturated rings. The molecule has 4 aromatic rings. The Morgan fingerprint density at radius 3 is 2.81 bits per heavy atom. The molecule has 0 unspecified atom stereocenters. The highest BCUT2D eigenvalue weighted by Crippen LogP contribution is 2.31. The summed E-state index contributed by atoms with van der Waals surface area (Å²) in [7, 11) is 0. The number of nitrogens with one attached hydrogen (secondary N) is 1. The monoisotopic (exact) mass is 475 g/mol. The van der Waals surface area contributed by atoms with Gasteiger partial charge in [0.25, 0.3) is 11.5 Å². The summed E-state index contributed by atoms with van der Waals surface area (Å²) in [5, 5.41) is 13.5. The van der Waals surface area contributed by atoms with E-state index in [1.807, 2.05) is 0 Å². The molecule has 3 aromatic heterocycles. The fourth-order valence-corrected chi connectivity index (χ4v) is 4.54. The van der Waals surface area contributed by atoms with Crippen LogP contribution in [0.2, 0.25) is 5.02 Å². The molecule has 9 nitrogen and oxygen atoms in total. The van der Waals surface area contributed by atoms with Crippen molar-refractivity contribution in [3.8, 4) is 5.69 Å². The maximum atomic E-state index is 13.3. The summed E-state index contributed by atoms with van der Waals surface area (Å²) < 4.78 is 9.94. The lowest BCUT2D eigenvalue weighted by molar-refractivity contribution is 0.0520. The number of thiophene rings is 1. The maximum Gasteiger partial charge on any atom is 0.359 e. The zero-order chi connectivity index (χ0) is 22.1. The summed E-state index contributed by atoms with van der Waals surface area (Å²) in [6.07, 6.45) is 0. The second-order valence-corrected chi connectivity index (χ2v) is 8.33. The van der Waals surface area contributed by atoms with Gasteiger partial charge in [-0.2, -0.15) is 9.78 Å². The Balaban J connectivity index is 1.91. The van der Waals surface area contributed by atoms with Crippen LogP contribution >= 0.6 is 34.5 Å². The smallest absolute Gasteiger partial charge is 0.359 e. The minimum Gasteiger partial charge on any atom is -0.461 e. The number of rotatable bonds is 5. The quantitative estimate of drug-likeness (QED) is 0.437. The largest absolute Gasteiger partial charge is 0.461 e. The van der Waals surface area contributed by atoms with E-state index in [0.29, 0.717) is 26.7 Å². The van der Waals surface area contributed by atoms with E-state index in [9.17, 15) is 14.4 Å². The molecule has 0 atom stereocenters. The van der Waals surface area contributed by atoms with Crippen LogP contribution in [0.15, 0.2) is 34.4 Å². The van der Waals surface area contributed by atoms with E-state index in [1.165, 1.54) is 0 Å². The molecule has 0 aliphatic heterocycles. The minimum absolute atomic E-state index is 0.0381. The van der Waals surface area contributed by atoms with Gasteiger partial charge in [0, 0.05) is 15.8 Å². The average Bonchev–Trinajstić information content (AvgIpc) is 3.35. The summed E-state index contributed by atoms with van der Waals surface area (Å²) in [6, 6.07) is 6.50. The predicted octanol–water partition coefficient (Wildman–Crippen LogP) is 3.69. The van der Waals surface area contributed by atoms with Crippen LogP contribution in [-0.2, 0) is 4.74 Å². The molecule has 0 radical (unpaired) electrons. The van der Waals surface area contributed by atoms with Gasteiger partial charge in [-0.15, -0.1) is 16.4 Å². The molecule has 12 heteroatoms. The first-order chi connectivity index (χ1) is 14.9. The number of fused-ring (bicyclic) bond motifs is 1. The highest BCUT2D eigenvalue weighted by Gasteiger charge is 2.24. The Hall–Kier alpha value is -3.15. The van der Waals surface area contributed by atoms with Crippen LogP contribution in [0.25, 0.3) is 16.5 Å². The lowest BCUT2D eigenvalue weighted by atomic mass is 10.2. The topological polar surface area (TPSA) is 116 Å². The van der Waals surface area contributed by atoms with Gasteiger partial charge in [0.05, 0.1) is 23.4 Å². The number of aryl methyl sites for hydroxylation is 1. The summed E-state index contributed by atoms with van der Waals surface area (Å²) in [5.74, 6) is -1.12. The van der Waals surface area contributed by atoms with Crippen molar-refractivity contribution in [3.63, 3.8) is 0 Å². The van der Waals surface area contributed by atoms with Gasteiger partial charge in [-0.1, -0.05) is 22.2 Å². The lowest BCUT2D eigenvalue weighted by Crippen LogP contribution is -2.25. The third kappa shape index (κ3) is 3.94. The number of carbonyl (C=O) groups is 2. The number of benzene rings is 1. The van der Waals surface area contributed by atoms with Crippen LogP contribution < -0.4 is 10.9 Å². The third-order valence-electron chi connectivity index (χ3n) is 4.26. The molecule has 1 aromatic carbocycles. The van der Waals surface area contributed by atoms with E-state index in [2.05, 4.69) is 20.0 Å². The number of esters is 1. The second kappa shape index (κ2) is 8.53. The van der Waals surface area contributed by atoms with Crippen LogP contribution in [0, 0.1) is 6.92 Å². The van der Waals surface area contributed by atoms with Crippen LogP contribution in [0.5, 0.6) is 0 Å². The summed E-state index contributed by atoms with van der Waals surface area (Å²) in [4.78, 5) is 38.9. The Kier molecular flexibility index (Phi) is 5.81. The van der Waals surface area contributed by atoms with Crippen molar-refractivity contribution in [1.82, 2.24) is 19.4 Å². The third-order valence-corrected chi connectivity index (χ3v) is 6.22. The van der Waals surface area contributed by atoms with Crippen molar-refractivity contribution in [2.45, 2.75) is 13.8 Å². The molecular weight excluding hydrogens is 462 g/mol. The van der Waals surface area contributed by atoms with Crippen molar-refractivity contribution in [2.24, 2.45) is 0 Å². The number of amides is 1. The van der Waals surface area contributed by atoms with E-state index in [4.69, 9.17) is 16.3 Å². The molecule has 0 aliphatic carbocycles. The second-order valence-electron chi connectivity index (χ2n) is 6.26. The molecule has 1 N–H and O–H groups in total. The Bertz CT molecular complexity index is 1380. The highest BCUT2D eigenvalue weighted by molar-refractivity contribution is 7.16. The molecule has 0 saturated heterocycles. The predicted molar refractivity (Wildman–Crippen MR) is 119 cm³/mol. The molecule has 158 valence electrons.